The van der Waals surface area contributed by atoms with Gasteiger partial charge in [-0.05, 0) is 21.0 Å². The van der Waals surface area contributed by atoms with E-state index in [1.165, 1.54) is 0 Å². The highest BCUT2D eigenvalue weighted by atomic mass is 16.5. The minimum atomic E-state index is 0.365. The van der Waals surface area contributed by atoms with E-state index in [1.807, 2.05) is 21.0 Å². The van der Waals surface area contributed by atoms with Gasteiger partial charge in [0.1, 0.15) is 6.61 Å². The molecule has 118 valence electrons. The lowest BCUT2D eigenvalue weighted by molar-refractivity contribution is 0.122. The number of rotatable bonds is 7. The van der Waals surface area contributed by atoms with E-state index in [4.69, 9.17) is 9.47 Å². The Balaban J connectivity index is 2.09. The fourth-order valence-electron chi connectivity index (χ4n) is 1.87. The Morgan fingerprint density at radius 1 is 1.24 bits per heavy atom. The largest absolute Gasteiger partial charge is 0.462 e. The first-order valence-corrected chi connectivity index (χ1v) is 7.29. The first kappa shape index (κ1) is 15.7. The second kappa shape index (κ2) is 7.94. The summed E-state index contributed by atoms with van der Waals surface area (Å²) >= 11 is 0. The summed E-state index contributed by atoms with van der Waals surface area (Å²) in [6, 6.07) is 0.365. The van der Waals surface area contributed by atoms with Gasteiger partial charge in [-0.25, -0.2) is 0 Å². The number of likely N-dealkylation sites (N-methyl/N-ethyl adjacent to an activating group) is 1. The molecule has 1 aromatic heterocycles. The van der Waals surface area contributed by atoms with E-state index in [1.54, 1.807) is 0 Å². The van der Waals surface area contributed by atoms with Gasteiger partial charge in [-0.1, -0.05) is 0 Å². The molecule has 0 bridgehead atoms. The molecule has 21 heavy (non-hydrogen) atoms. The summed E-state index contributed by atoms with van der Waals surface area (Å²) in [5.74, 6) is 1.19. The number of morpholine rings is 1. The topological polar surface area (TPSA) is 75.6 Å². The minimum Gasteiger partial charge on any atom is -0.462 e. The van der Waals surface area contributed by atoms with E-state index in [2.05, 4.69) is 30.1 Å². The number of nitrogens with one attached hydrogen (secondary N) is 1. The fourth-order valence-corrected chi connectivity index (χ4v) is 1.87. The molecule has 1 aliphatic heterocycles. The highest BCUT2D eigenvalue weighted by Gasteiger charge is 2.17. The van der Waals surface area contributed by atoms with Crippen LogP contribution < -0.4 is 15.0 Å². The molecular weight excluding hydrogens is 272 g/mol. The number of nitrogens with zero attached hydrogens (tertiary/aromatic N) is 5. The molecule has 0 radical (unpaired) electrons. The Labute approximate surface area is 125 Å². The van der Waals surface area contributed by atoms with Gasteiger partial charge in [-0.2, -0.15) is 15.0 Å². The SMILES string of the molecule is CCNc1nc(OCCN(C)C)nc(N2CCOCC2)n1. The van der Waals surface area contributed by atoms with Gasteiger partial charge < -0.3 is 24.6 Å². The third-order valence-corrected chi connectivity index (χ3v) is 3.00. The van der Waals surface area contributed by atoms with Crippen molar-refractivity contribution < 1.29 is 9.47 Å². The third kappa shape index (κ3) is 4.98. The molecule has 0 aromatic carbocycles. The van der Waals surface area contributed by atoms with Gasteiger partial charge in [-0.15, -0.1) is 0 Å². The summed E-state index contributed by atoms with van der Waals surface area (Å²) in [6.45, 7) is 7.08. The van der Waals surface area contributed by atoms with E-state index in [9.17, 15) is 0 Å². The average molecular weight is 296 g/mol. The number of anilines is 2. The maximum atomic E-state index is 5.63. The van der Waals surface area contributed by atoms with Crippen molar-refractivity contribution >= 4 is 11.9 Å². The zero-order valence-electron chi connectivity index (χ0n) is 13.0. The van der Waals surface area contributed by atoms with E-state index in [-0.39, 0.29) is 0 Å². The van der Waals surface area contributed by atoms with E-state index in [0.717, 1.165) is 26.2 Å². The molecule has 2 rings (SSSR count). The Morgan fingerprint density at radius 3 is 2.67 bits per heavy atom. The van der Waals surface area contributed by atoms with Crippen molar-refractivity contribution in [2.45, 2.75) is 6.92 Å². The average Bonchev–Trinajstić information content (AvgIpc) is 2.48. The van der Waals surface area contributed by atoms with Crippen molar-refractivity contribution in [3.05, 3.63) is 0 Å². The monoisotopic (exact) mass is 296 g/mol. The van der Waals surface area contributed by atoms with Gasteiger partial charge in [0, 0.05) is 26.2 Å². The maximum Gasteiger partial charge on any atom is 0.323 e. The molecule has 8 nitrogen and oxygen atoms in total. The molecular formula is C13H24N6O2. The third-order valence-electron chi connectivity index (χ3n) is 3.00. The predicted molar refractivity (Wildman–Crippen MR) is 81.1 cm³/mol. The molecule has 0 amide bonds. The van der Waals surface area contributed by atoms with Gasteiger partial charge in [0.25, 0.3) is 0 Å². The first-order chi connectivity index (χ1) is 10.2. The van der Waals surface area contributed by atoms with Crippen molar-refractivity contribution in [2.24, 2.45) is 0 Å². The lowest BCUT2D eigenvalue weighted by atomic mass is 10.4. The van der Waals surface area contributed by atoms with Crippen molar-refractivity contribution in [1.29, 1.82) is 0 Å². The summed E-state index contributed by atoms with van der Waals surface area (Å²) in [7, 11) is 4.00. The van der Waals surface area contributed by atoms with Gasteiger partial charge in [0.15, 0.2) is 0 Å². The maximum absolute atomic E-state index is 5.63. The zero-order chi connectivity index (χ0) is 15.1. The van der Waals surface area contributed by atoms with Gasteiger partial charge in [-0.3, -0.25) is 0 Å². The molecule has 0 aliphatic carbocycles. The fraction of sp³-hybridized carbons (Fsp3) is 0.769. The van der Waals surface area contributed by atoms with Gasteiger partial charge in [0.05, 0.1) is 13.2 Å². The summed E-state index contributed by atoms with van der Waals surface area (Å²) in [5.41, 5.74) is 0. The number of hydrogen-bond acceptors (Lipinski definition) is 8. The molecule has 0 spiro atoms. The normalized spacial score (nSPS) is 15.3. The Kier molecular flexibility index (Phi) is 5.94. The van der Waals surface area contributed by atoms with Crippen LogP contribution in [0.2, 0.25) is 0 Å². The summed E-state index contributed by atoms with van der Waals surface area (Å²) in [6.07, 6.45) is 0. The minimum absolute atomic E-state index is 0.365. The van der Waals surface area contributed by atoms with Crippen LogP contribution in [-0.2, 0) is 4.74 Å². The number of aromatic nitrogens is 3. The van der Waals surface area contributed by atoms with Gasteiger partial charge in [0.2, 0.25) is 11.9 Å². The van der Waals surface area contributed by atoms with Crippen LogP contribution in [0.5, 0.6) is 6.01 Å². The zero-order valence-corrected chi connectivity index (χ0v) is 13.0. The van der Waals surface area contributed by atoms with Crippen LogP contribution in [0.25, 0.3) is 0 Å². The number of ether oxygens (including phenoxy) is 2. The second-order valence-corrected chi connectivity index (χ2v) is 5.02. The van der Waals surface area contributed by atoms with E-state index in [0.29, 0.717) is 37.7 Å². The van der Waals surface area contributed by atoms with Crippen LogP contribution in [0.3, 0.4) is 0 Å². The predicted octanol–water partition coefficient (Wildman–Crippen LogP) is 0.0804. The smallest absolute Gasteiger partial charge is 0.323 e. The second-order valence-electron chi connectivity index (χ2n) is 5.02. The molecule has 8 heteroatoms. The Bertz CT molecular complexity index is 437. The van der Waals surface area contributed by atoms with E-state index < -0.39 is 0 Å². The Hall–Kier alpha value is -1.67. The quantitative estimate of drug-likeness (QED) is 0.758. The Morgan fingerprint density at radius 2 is 2.00 bits per heavy atom. The highest BCUT2D eigenvalue weighted by molar-refractivity contribution is 5.38. The molecule has 1 N–H and O–H groups in total. The molecule has 0 unspecified atom stereocenters. The molecule has 1 fully saturated rings. The molecule has 1 aliphatic rings. The summed E-state index contributed by atoms with van der Waals surface area (Å²) < 4.78 is 11.0. The van der Waals surface area contributed by atoms with Crippen LogP contribution >= 0.6 is 0 Å². The van der Waals surface area contributed by atoms with Crippen LogP contribution in [0.1, 0.15) is 6.92 Å². The van der Waals surface area contributed by atoms with E-state index >= 15 is 0 Å². The molecule has 2 heterocycles. The molecule has 0 saturated carbocycles. The first-order valence-electron chi connectivity index (χ1n) is 7.29. The van der Waals surface area contributed by atoms with Crippen molar-refractivity contribution in [3.8, 4) is 6.01 Å². The highest BCUT2D eigenvalue weighted by Crippen LogP contribution is 2.16. The standard InChI is InChI=1S/C13H24N6O2/c1-4-14-11-15-12(19-6-8-20-9-7-19)17-13(16-11)21-10-5-18(2)3/h4-10H2,1-3H3,(H,14,15,16,17). The summed E-state index contributed by atoms with van der Waals surface area (Å²) in [5, 5.41) is 3.12. The molecule has 0 atom stereocenters. The lowest BCUT2D eigenvalue weighted by Gasteiger charge is -2.27. The summed E-state index contributed by atoms with van der Waals surface area (Å²) in [4.78, 5) is 17.3. The lowest BCUT2D eigenvalue weighted by Crippen LogP contribution is -2.37. The number of hydrogen-bond donors (Lipinski definition) is 1. The molecule has 1 saturated heterocycles. The van der Waals surface area contributed by atoms with Crippen molar-refractivity contribution in [2.75, 3.05) is 70.3 Å². The van der Waals surface area contributed by atoms with Crippen LogP contribution in [0, 0.1) is 0 Å². The molecule has 1 aromatic rings. The van der Waals surface area contributed by atoms with Crippen LogP contribution in [0.15, 0.2) is 0 Å². The van der Waals surface area contributed by atoms with Gasteiger partial charge >= 0.3 is 6.01 Å². The van der Waals surface area contributed by atoms with Crippen LogP contribution in [0.4, 0.5) is 11.9 Å². The van der Waals surface area contributed by atoms with Crippen molar-refractivity contribution in [3.63, 3.8) is 0 Å². The van der Waals surface area contributed by atoms with Crippen LogP contribution in [-0.4, -0.2) is 79.9 Å². The van der Waals surface area contributed by atoms with Crippen molar-refractivity contribution in [1.82, 2.24) is 19.9 Å².